The van der Waals surface area contributed by atoms with Crippen molar-refractivity contribution in [2.45, 2.75) is 19.4 Å². The number of aryl methyl sites for hydroxylation is 1. The number of amides is 1. The van der Waals surface area contributed by atoms with Crippen molar-refractivity contribution in [2.75, 3.05) is 33.4 Å². The molecule has 22 heavy (non-hydrogen) atoms. The van der Waals surface area contributed by atoms with E-state index in [-0.39, 0.29) is 18.4 Å². The van der Waals surface area contributed by atoms with Crippen molar-refractivity contribution in [2.24, 2.45) is 0 Å². The van der Waals surface area contributed by atoms with E-state index in [0.29, 0.717) is 32.0 Å². The van der Waals surface area contributed by atoms with Crippen LogP contribution in [-0.4, -0.2) is 55.5 Å². The van der Waals surface area contributed by atoms with Gasteiger partial charge >= 0.3 is 6.09 Å². The third kappa shape index (κ3) is 4.96. The van der Waals surface area contributed by atoms with Gasteiger partial charge in [0.15, 0.2) is 11.5 Å². The molecule has 1 aromatic rings. The molecule has 124 valence electrons. The molecular weight excluding hydrogens is 308 g/mol. The molecule has 0 radical (unpaired) electrons. The van der Waals surface area contributed by atoms with E-state index in [1.165, 1.54) is 4.90 Å². The summed E-state index contributed by atoms with van der Waals surface area (Å²) in [6, 6.07) is 5.93. The van der Waals surface area contributed by atoms with Gasteiger partial charge in [0.05, 0.1) is 13.7 Å². The summed E-state index contributed by atoms with van der Waals surface area (Å²) in [6.07, 6.45) is -0.108. The highest BCUT2D eigenvalue weighted by Gasteiger charge is 2.22. The highest BCUT2D eigenvalue weighted by atomic mass is 35.5. The fraction of sp³-hybridized carbons (Fsp3) is 0.533. The van der Waals surface area contributed by atoms with Crippen LogP contribution in [0.2, 0.25) is 0 Å². The quantitative estimate of drug-likeness (QED) is 0.865. The number of benzene rings is 1. The van der Waals surface area contributed by atoms with Gasteiger partial charge in [-0.1, -0.05) is 6.07 Å². The molecule has 0 unspecified atom stereocenters. The molecule has 2 N–H and O–H groups in total. The van der Waals surface area contributed by atoms with Gasteiger partial charge in [0, 0.05) is 25.7 Å². The maximum atomic E-state index is 11.0. The maximum Gasteiger partial charge on any atom is 0.407 e. The Balaban J connectivity index is 0.00000242. The maximum absolute atomic E-state index is 11.0. The normalized spacial score (nSPS) is 17.5. The number of carbonyl (C=O) groups is 1. The molecule has 1 heterocycles. The number of piperazine rings is 1. The fourth-order valence-electron chi connectivity index (χ4n) is 2.40. The van der Waals surface area contributed by atoms with E-state index in [4.69, 9.17) is 14.6 Å². The lowest BCUT2D eigenvalue weighted by molar-refractivity contribution is 0.124. The molecule has 0 saturated carbocycles. The highest BCUT2D eigenvalue weighted by Crippen LogP contribution is 2.27. The van der Waals surface area contributed by atoms with Gasteiger partial charge < -0.3 is 24.8 Å². The summed E-state index contributed by atoms with van der Waals surface area (Å²) < 4.78 is 11.0. The molecule has 0 spiro atoms. The molecule has 0 aromatic heterocycles. The Morgan fingerprint density at radius 2 is 2.23 bits per heavy atom. The zero-order valence-electron chi connectivity index (χ0n) is 12.9. The van der Waals surface area contributed by atoms with Crippen LogP contribution in [0.5, 0.6) is 11.5 Å². The van der Waals surface area contributed by atoms with Crippen LogP contribution in [0.25, 0.3) is 0 Å². The minimum Gasteiger partial charge on any atom is -0.493 e. The first-order valence-electron chi connectivity index (χ1n) is 7.09. The summed E-state index contributed by atoms with van der Waals surface area (Å²) in [7, 11) is 1.62. The second-order valence-corrected chi connectivity index (χ2v) is 5.17. The Bertz CT molecular complexity index is 498. The van der Waals surface area contributed by atoms with Crippen LogP contribution < -0.4 is 14.8 Å². The average Bonchev–Trinajstić information content (AvgIpc) is 2.49. The number of rotatable bonds is 5. The minimum atomic E-state index is -0.859. The third-order valence-electron chi connectivity index (χ3n) is 3.57. The van der Waals surface area contributed by atoms with Crippen molar-refractivity contribution in [1.82, 2.24) is 10.2 Å². The van der Waals surface area contributed by atoms with Crippen LogP contribution in [-0.2, 0) is 0 Å². The summed E-state index contributed by atoms with van der Waals surface area (Å²) in [4.78, 5) is 12.4. The number of methoxy groups -OCH3 is 1. The monoisotopic (exact) mass is 330 g/mol. The Labute approximate surface area is 136 Å². The SMILES string of the molecule is COc1cc(C)ccc1OCC[C@@H]1CN(C(=O)O)CCN1.Cl. The summed E-state index contributed by atoms with van der Waals surface area (Å²) in [6.45, 7) is 4.25. The number of hydrogen-bond acceptors (Lipinski definition) is 4. The summed E-state index contributed by atoms with van der Waals surface area (Å²) >= 11 is 0. The van der Waals surface area contributed by atoms with Gasteiger partial charge in [0.2, 0.25) is 0 Å². The highest BCUT2D eigenvalue weighted by molar-refractivity contribution is 5.85. The third-order valence-corrected chi connectivity index (χ3v) is 3.57. The van der Waals surface area contributed by atoms with Gasteiger partial charge in [0.1, 0.15) is 0 Å². The smallest absolute Gasteiger partial charge is 0.407 e. The lowest BCUT2D eigenvalue weighted by Gasteiger charge is -2.31. The zero-order chi connectivity index (χ0) is 15.2. The van der Waals surface area contributed by atoms with Crippen molar-refractivity contribution in [3.8, 4) is 11.5 Å². The van der Waals surface area contributed by atoms with Crippen LogP contribution in [0.4, 0.5) is 4.79 Å². The lowest BCUT2D eigenvalue weighted by Crippen LogP contribution is -2.52. The van der Waals surface area contributed by atoms with Crippen molar-refractivity contribution in [3.05, 3.63) is 23.8 Å². The largest absolute Gasteiger partial charge is 0.493 e. The standard InChI is InChI=1S/C15H22N2O4.ClH/c1-11-3-4-13(14(9-11)20-2)21-8-5-12-10-17(15(18)19)7-6-16-12;/h3-4,9,12,16H,5-8,10H2,1-2H3,(H,18,19);1H/t12-;/m1./s1. The van der Waals surface area contributed by atoms with Gasteiger partial charge in [-0.3, -0.25) is 0 Å². The lowest BCUT2D eigenvalue weighted by atomic mass is 10.1. The molecule has 1 aliphatic heterocycles. The molecule has 1 aliphatic rings. The summed E-state index contributed by atoms with van der Waals surface area (Å²) in [5.41, 5.74) is 1.12. The summed E-state index contributed by atoms with van der Waals surface area (Å²) in [5, 5.41) is 12.3. The first kappa shape index (κ1) is 18.4. The van der Waals surface area contributed by atoms with E-state index >= 15 is 0 Å². The van der Waals surface area contributed by atoms with Crippen LogP contribution in [0.3, 0.4) is 0 Å². The first-order valence-corrected chi connectivity index (χ1v) is 7.09. The predicted octanol–water partition coefficient (Wildman–Crippen LogP) is 2.15. The molecule has 1 saturated heterocycles. The van der Waals surface area contributed by atoms with E-state index < -0.39 is 6.09 Å². The molecular formula is C15H23ClN2O4. The van der Waals surface area contributed by atoms with E-state index in [9.17, 15) is 4.79 Å². The first-order chi connectivity index (χ1) is 10.1. The van der Waals surface area contributed by atoms with Gasteiger partial charge in [-0.05, 0) is 31.0 Å². The van der Waals surface area contributed by atoms with Crippen LogP contribution in [0, 0.1) is 6.92 Å². The summed E-state index contributed by atoms with van der Waals surface area (Å²) in [5.74, 6) is 1.44. The number of carboxylic acid groups (broad SMARTS) is 1. The minimum absolute atomic E-state index is 0. The molecule has 1 amide bonds. The van der Waals surface area contributed by atoms with Gasteiger partial charge in [-0.15, -0.1) is 12.4 Å². The van der Waals surface area contributed by atoms with Crippen LogP contribution >= 0.6 is 12.4 Å². The molecule has 6 nitrogen and oxygen atoms in total. The number of halogens is 1. The zero-order valence-corrected chi connectivity index (χ0v) is 13.7. The average molecular weight is 331 g/mol. The Kier molecular flexibility index (Phi) is 7.27. The molecule has 0 bridgehead atoms. The number of ether oxygens (including phenoxy) is 2. The van der Waals surface area contributed by atoms with E-state index in [1.54, 1.807) is 7.11 Å². The topological polar surface area (TPSA) is 71.0 Å². The number of nitrogens with zero attached hydrogens (tertiary/aromatic N) is 1. The van der Waals surface area contributed by atoms with E-state index in [1.807, 2.05) is 25.1 Å². The second kappa shape index (κ2) is 8.70. The molecule has 1 fully saturated rings. The second-order valence-electron chi connectivity index (χ2n) is 5.17. The van der Waals surface area contributed by atoms with E-state index in [2.05, 4.69) is 5.32 Å². The molecule has 1 aromatic carbocycles. The van der Waals surface area contributed by atoms with Crippen molar-refractivity contribution >= 4 is 18.5 Å². The number of hydrogen-bond donors (Lipinski definition) is 2. The van der Waals surface area contributed by atoms with Gasteiger partial charge in [-0.25, -0.2) is 4.79 Å². The molecule has 7 heteroatoms. The molecule has 0 aliphatic carbocycles. The number of nitrogens with one attached hydrogen (secondary N) is 1. The van der Waals surface area contributed by atoms with Crippen molar-refractivity contribution < 1.29 is 19.4 Å². The van der Waals surface area contributed by atoms with Crippen molar-refractivity contribution in [3.63, 3.8) is 0 Å². The molecule has 1 atom stereocenters. The Hall–Kier alpha value is -1.66. The van der Waals surface area contributed by atoms with Crippen LogP contribution in [0.1, 0.15) is 12.0 Å². The van der Waals surface area contributed by atoms with Gasteiger partial charge in [0.25, 0.3) is 0 Å². The Morgan fingerprint density at radius 1 is 1.45 bits per heavy atom. The molecule has 2 rings (SSSR count). The predicted molar refractivity (Wildman–Crippen MR) is 86.5 cm³/mol. The van der Waals surface area contributed by atoms with Crippen molar-refractivity contribution in [1.29, 1.82) is 0 Å². The fourth-order valence-corrected chi connectivity index (χ4v) is 2.40. The van der Waals surface area contributed by atoms with E-state index in [0.717, 1.165) is 17.7 Å². The van der Waals surface area contributed by atoms with Crippen LogP contribution in [0.15, 0.2) is 18.2 Å². The van der Waals surface area contributed by atoms with Gasteiger partial charge in [-0.2, -0.15) is 0 Å². The Morgan fingerprint density at radius 3 is 2.91 bits per heavy atom.